The maximum atomic E-state index is 5.70. The molecule has 2 nitrogen and oxygen atoms in total. The average Bonchev–Trinajstić information content (AvgIpc) is 2.05. The quantitative estimate of drug-likeness (QED) is 0.664. The first-order valence-corrected chi connectivity index (χ1v) is 3.78. The Hall–Kier alpha value is -0.860. The normalized spacial score (nSPS) is 13.0. The predicted octanol–water partition coefficient (Wildman–Crippen LogP) is 1.17. The van der Waals surface area contributed by atoms with Crippen LogP contribution in [-0.4, -0.2) is 0 Å². The van der Waals surface area contributed by atoms with Crippen molar-refractivity contribution in [2.24, 2.45) is 11.5 Å². The van der Waals surface area contributed by atoms with Crippen molar-refractivity contribution in [3.05, 3.63) is 35.4 Å². The first-order chi connectivity index (χ1) is 5.24. The van der Waals surface area contributed by atoms with E-state index < -0.39 is 0 Å². The van der Waals surface area contributed by atoms with Crippen molar-refractivity contribution in [2.75, 3.05) is 0 Å². The zero-order chi connectivity index (χ0) is 8.27. The van der Waals surface area contributed by atoms with E-state index >= 15 is 0 Å². The van der Waals surface area contributed by atoms with E-state index in [1.165, 1.54) is 0 Å². The van der Waals surface area contributed by atoms with Gasteiger partial charge in [-0.15, -0.1) is 0 Å². The van der Waals surface area contributed by atoms with E-state index in [0.29, 0.717) is 6.54 Å². The molecule has 0 aliphatic heterocycles. The van der Waals surface area contributed by atoms with E-state index in [1.807, 2.05) is 31.2 Å². The fourth-order valence-electron chi connectivity index (χ4n) is 1.00. The molecule has 1 unspecified atom stereocenters. The summed E-state index contributed by atoms with van der Waals surface area (Å²) in [6.45, 7) is 2.55. The first-order valence-electron chi connectivity index (χ1n) is 3.78. The second-order valence-corrected chi connectivity index (χ2v) is 2.74. The molecule has 0 bridgehead atoms. The largest absolute Gasteiger partial charge is 0.326 e. The van der Waals surface area contributed by atoms with Crippen LogP contribution in [0.25, 0.3) is 0 Å². The topological polar surface area (TPSA) is 52.0 Å². The SMILES string of the molecule is CC(N)c1cccc(CN)c1. The molecule has 1 aromatic carbocycles. The van der Waals surface area contributed by atoms with Crippen LogP contribution >= 0.6 is 0 Å². The standard InChI is InChI=1S/C9H14N2/c1-7(11)9-4-2-3-8(5-9)6-10/h2-5,7H,6,10-11H2,1H3. The van der Waals surface area contributed by atoms with Crippen molar-refractivity contribution >= 4 is 0 Å². The lowest BCUT2D eigenvalue weighted by Crippen LogP contribution is -2.06. The lowest BCUT2D eigenvalue weighted by molar-refractivity contribution is 0.814. The van der Waals surface area contributed by atoms with Gasteiger partial charge in [0.1, 0.15) is 0 Å². The predicted molar refractivity (Wildman–Crippen MR) is 46.9 cm³/mol. The summed E-state index contributed by atoms with van der Waals surface area (Å²) in [4.78, 5) is 0. The monoisotopic (exact) mass is 150 g/mol. The average molecular weight is 150 g/mol. The molecular weight excluding hydrogens is 136 g/mol. The molecule has 0 fully saturated rings. The molecule has 0 aliphatic carbocycles. The van der Waals surface area contributed by atoms with Gasteiger partial charge in [0, 0.05) is 12.6 Å². The van der Waals surface area contributed by atoms with Crippen LogP contribution in [0.1, 0.15) is 24.1 Å². The van der Waals surface area contributed by atoms with Gasteiger partial charge in [-0.1, -0.05) is 24.3 Å². The number of nitrogens with two attached hydrogens (primary N) is 2. The summed E-state index contributed by atoms with van der Waals surface area (Å²) < 4.78 is 0. The van der Waals surface area contributed by atoms with Crippen molar-refractivity contribution in [3.8, 4) is 0 Å². The summed E-state index contributed by atoms with van der Waals surface area (Å²) in [6, 6.07) is 8.16. The van der Waals surface area contributed by atoms with Crippen LogP contribution in [0.5, 0.6) is 0 Å². The van der Waals surface area contributed by atoms with E-state index in [4.69, 9.17) is 11.5 Å². The lowest BCUT2D eigenvalue weighted by atomic mass is 10.1. The molecule has 11 heavy (non-hydrogen) atoms. The third-order valence-corrected chi connectivity index (χ3v) is 1.71. The molecule has 2 heteroatoms. The maximum absolute atomic E-state index is 5.70. The highest BCUT2D eigenvalue weighted by atomic mass is 14.6. The Labute approximate surface area is 67.2 Å². The summed E-state index contributed by atoms with van der Waals surface area (Å²) in [6.07, 6.45) is 0. The highest BCUT2D eigenvalue weighted by Gasteiger charge is 1.98. The zero-order valence-electron chi connectivity index (χ0n) is 6.75. The Morgan fingerprint density at radius 3 is 2.73 bits per heavy atom. The highest BCUT2D eigenvalue weighted by Crippen LogP contribution is 2.10. The van der Waals surface area contributed by atoms with Gasteiger partial charge in [0.2, 0.25) is 0 Å². The van der Waals surface area contributed by atoms with Gasteiger partial charge in [-0.2, -0.15) is 0 Å². The van der Waals surface area contributed by atoms with Crippen LogP contribution in [0.4, 0.5) is 0 Å². The van der Waals surface area contributed by atoms with E-state index in [-0.39, 0.29) is 6.04 Å². The Bertz CT molecular complexity index is 231. The maximum Gasteiger partial charge on any atom is 0.0266 e. The second-order valence-electron chi connectivity index (χ2n) is 2.74. The van der Waals surface area contributed by atoms with Gasteiger partial charge in [-0.3, -0.25) is 0 Å². The van der Waals surface area contributed by atoms with E-state index in [1.54, 1.807) is 0 Å². The Kier molecular flexibility index (Phi) is 2.63. The number of hydrogen-bond donors (Lipinski definition) is 2. The van der Waals surface area contributed by atoms with Gasteiger partial charge in [-0.05, 0) is 18.1 Å². The van der Waals surface area contributed by atoms with Crippen molar-refractivity contribution < 1.29 is 0 Å². The van der Waals surface area contributed by atoms with Gasteiger partial charge in [-0.25, -0.2) is 0 Å². The van der Waals surface area contributed by atoms with Crippen molar-refractivity contribution in [3.63, 3.8) is 0 Å². The van der Waals surface area contributed by atoms with Crippen LogP contribution in [0, 0.1) is 0 Å². The van der Waals surface area contributed by atoms with Crippen molar-refractivity contribution in [1.29, 1.82) is 0 Å². The molecule has 60 valence electrons. The van der Waals surface area contributed by atoms with E-state index in [9.17, 15) is 0 Å². The zero-order valence-corrected chi connectivity index (χ0v) is 6.75. The fourth-order valence-corrected chi connectivity index (χ4v) is 1.00. The minimum absolute atomic E-state index is 0.0986. The molecule has 0 radical (unpaired) electrons. The molecule has 0 spiro atoms. The van der Waals surface area contributed by atoms with Crippen LogP contribution in [0.2, 0.25) is 0 Å². The second kappa shape index (κ2) is 3.51. The molecule has 0 saturated carbocycles. The molecule has 0 aliphatic rings. The lowest BCUT2D eigenvalue weighted by Gasteiger charge is -2.06. The first kappa shape index (κ1) is 8.24. The Morgan fingerprint density at radius 2 is 2.18 bits per heavy atom. The summed E-state index contributed by atoms with van der Waals surface area (Å²) in [5, 5.41) is 0. The minimum Gasteiger partial charge on any atom is -0.326 e. The fraction of sp³-hybridized carbons (Fsp3) is 0.333. The Morgan fingerprint density at radius 1 is 1.45 bits per heavy atom. The van der Waals surface area contributed by atoms with Gasteiger partial charge < -0.3 is 11.5 Å². The summed E-state index contributed by atoms with van der Waals surface area (Å²) in [7, 11) is 0. The van der Waals surface area contributed by atoms with Gasteiger partial charge >= 0.3 is 0 Å². The van der Waals surface area contributed by atoms with Gasteiger partial charge in [0.05, 0.1) is 0 Å². The molecule has 1 rings (SSSR count). The molecule has 0 saturated heterocycles. The van der Waals surface area contributed by atoms with Crippen LogP contribution in [-0.2, 0) is 6.54 Å². The molecule has 1 atom stereocenters. The third kappa shape index (κ3) is 2.03. The van der Waals surface area contributed by atoms with Crippen molar-refractivity contribution in [1.82, 2.24) is 0 Å². The Balaban J connectivity index is 2.91. The number of rotatable bonds is 2. The van der Waals surface area contributed by atoms with Crippen LogP contribution in [0.15, 0.2) is 24.3 Å². The molecule has 0 amide bonds. The molecule has 0 aromatic heterocycles. The van der Waals surface area contributed by atoms with Crippen LogP contribution < -0.4 is 11.5 Å². The van der Waals surface area contributed by atoms with E-state index in [2.05, 4.69) is 0 Å². The summed E-state index contributed by atoms with van der Waals surface area (Å²) >= 11 is 0. The molecule has 4 N–H and O–H groups in total. The van der Waals surface area contributed by atoms with E-state index in [0.717, 1.165) is 11.1 Å². The smallest absolute Gasteiger partial charge is 0.0266 e. The molecular formula is C9H14N2. The molecule has 1 aromatic rings. The number of hydrogen-bond acceptors (Lipinski definition) is 2. The summed E-state index contributed by atoms with van der Waals surface area (Å²) in [5.41, 5.74) is 13.5. The highest BCUT2D eigenvalue weighted by molar-refractivity contribution is 5.25. The third-order valence-electron chi connectivity index (χ3n) is 1.71. The van der Waals surface area contributed by atoms with Crippen molar-refractivity contribution in [2.45, 2.75) is 19.5 Å². The van der Waals surface area contributed by atoms with Gasteiger partial charge in [0.15, 0.2) is 0 Å². The molecule has 0 heterocycles. The summed E-state index contributed by atoms with van der Waals surface area (Å²) in [5.74, 6) is 0. The van der Waals surface area contributed by atoms with Crippen LogP contribution in [0.3, 0.4) is 0 Å². The number of benzene rings is 1. The van der Waals surface area contributed by atoms with Gasteiger partial charge in [0.25, 0.3) is 0 Å². The minimum atomic E-state index is 0.0986.